The summed E-state index contributed by atoms with van der Waals surface area (Å²) in [4.78, 5) is 8.62. The minimum atomic E-state index is 0.644. The van der Waals surface area contributed by atoms with E-state index in [4.69, 9.17) is 0 Å². The van der Waals surface area contributed by atoms with E-state index in [1.165, 1.54) is 25.7 Å². The van der Waals surface area contributed by atoms with Gasteiger partial charge in [-0.25, -0.2) is 9.97 Å². The van der Waals surface area contributed by atoms with Gasteiger partial charge in [0.2, 0.25) is 5.95 Å². The maximum atomic E-state index is 4.31. The normalized spacial score (nSPS) is 20.7. The molecule has 1 N–H and O–H groups in total. The molecule has 80 valence electrons. The van der Waals surface area contributed by atoms with Crippen LogP contribution < -0.4 is 5.32 Å². The van der Waals surface area contributed by atoms with Crippen LogP contribution in [0.3, 0.4) is 0 Å². The zero-order valence-electron chi connectivity index (χ0n) is 8.49. The summed E-state index contributed by atoms with van der Waals surface area (Å²) in [6.45, 7) is 0. The van der Waals surface area contributed by atoms with E-state index in [0.29, 0.717) is 6.04 Å². The first-order valence-corrected chi connectivity index (χ1v) is 6.65. The Balaban J connectivity index is 1.69. The summed E-state index contributed by atoms with van der Waals surface area (Å²) in [6, 6.07) is 0.644. The first-order chi connectivity index (χ1) is 7.33. The molecule has 2 saturated carbocycles. The van der Waals surface area contributed by atoms with Crippen LogP contribution in [0.25, 0.3) is 0 Å². The van der Waals surface area contributed by atoms with Crippen molar-refractivity contribution in [2.45, 2.75) is 31.7 Å². The van der Waals surface area contributed by atoms with Crippen LogP contribution >= 0.6 is 22.6 Å². The molecule has 0 saturated heterocycles. The standard InChI is InChI=1S/C11H14IN3/c12-9-5-13-11(14-6-9)15-10(7-1-2-7)8-3-4-8/h5-8,10H,1-4H2,(H,13,14,15). The highest BCUT2D eigenvalue weighted by Gasteiger charge is 2.41. The van der Waals surface area contributed by atoms with Crippen molar-refractivity contribution in [2.24, 2.45) is 11.8 Å². The van der Waals surface area contributed by atoms with Gasteiger partial charge in [0.1, 0.15) is 0 Å². The van der Waals surface area contributed by atoms with Crippen molar-refractivity contribution < 1.29 is 0 Å². The highest BCUT2D eigenvalue weighted by Crippen LogP contribution is 2.45. The van der Waals surface area contributed by atoms with E-state index < -0.39 is 0 Å². The molecule has 2 aliphatic rings. The minimum absolute atomic E-state index is 0.644. The van der Waals surface area contributed by atoms with Crippen molar-refractivity contribution in [1.29, 1.82) is 0 Å². The number of hydrogen-bond donors (Lipinski definition) is 1. The molecule has 0 aromatic carbocycles. The average Bonchev–Trinajstić information content (AvgIpc) is 3.11. The third kappa shape index (κ3) is 2.41. The molecule has 1 heterocycles. The lowest BCUT2D eigenvalue weighted by Gasteiger charge is -2.17. The van der Waals surface area contributed by atoms with Crippen LogP contribution in [0.4, 0.5) is 5.95 Å². The van der Waals surface area contributed by atoms with Gasteiger partial charge in [-0.1, -0.05) is 0 Å². The van der Waals surface area contributed by atoms with Gasteiger partial charge in [0, 0.05) is 22.0 Å². The van der Waals surface area contributed by atoms with E-state index >= 15 is 0 Å². The summed E-state index contributed by atoms with van der Waals surface area (Å²) < 4.78 is 1.09. The Morgan fingerprint density at radius 3 is 2.13 bits per heavy atom. The second-order valence-corrected chi connectivity index (χ2v) is 5.82. The fourth-order valence-electron chi connectivity index (χ4n) is 2.07. The molecule has 1 aromatic rings. The Morgan fingerprint density at radius 2 is 1.67 bits per heavy atom. The lowest BCUT2D eigenvalue weighted by atomic mass is 10.1. The maximum Gasteiger partial charge on any atom is 0.222 e. The van der Waals surface area contributed by atoms with Crippen molar-refractivity contribution in [3.63, 3.8) is 0 Å². The van der Waals surface area contributed by atoms with Gasteiger partial charge in [-0.05, 0) is 60.1 Å². The average molecular weight is 315 g/mol. The number of rotatable bonds is 4. The summed E-state index contributed by atoms with van der Waals surface area (Å²) in [5.74, 6) is 2.58. The second-order valence-electron chi connectivity index (χ2n) is 4.57. The van der Waals surface area contributed by atoms with Gasteiger partial charge in [-0.3, -0.25) is 0 Å². The molecule has 0 amide bonds. The summed E-state index contributed by atoms with van der Waals surface area (Å²) in [5.41, 5.74) is 0. The lowest BCUT2D eigenvalue weighted by Crippen LogP contribution is -2.25. The summed E-state index contributed by atoms with van der Waals surface area (Å²) in [5, 5.41) is 3.50. The lowest BCUT2D eigenvalue weighted by molar-refractivity contribution is 0.563. The van der Waals surface area contributed by atoms with Crippen LogP contribution in [0.15, 0.2) is 12.4 Å². The van der Waals surface area contributed by atoms with E-state index in [1.807, 2.05) is 12.4 Å². The molecule has 0 unspecified atom stereocenters. The van der Waals surface area contributed by atoms with Crippen LogP contribution in [0.2, 0.25) is 0 Å². The smallest absolute Gasteiger partial charge is 0.222 e. The zero-order chi connectivity index (χ0) is 10.3. The highest BCUT2D eigenvalue weighted by molar-refractivity contribution is 14.1. The number of anilines is 1. The molecule has 2 aliphatic carbocycles. The monoisotopic (exact) mass is 315 g/mol. The van der Waals surface area contributed by atoms with E-state index in [1.54, 1.807) is 0 Å². The van der Waals surface area contributed by atoms with Crippen LogP contribution in [0.1, 0.15) is 25.7 Å². The highest BCUT2D eigenvalue weighted by atomic mass is 127. The van der Waals surface area contributed by atoms with Crippen molar-refractivity contribution in [1.82, 2.24) is 9.97 Å². The Bertz CT molecular complexity index is 331. The number of nitrogens with one attached hydrogen (secondary N) is 1. The van der Waals surface area contributed by atoms with Gasteiger partial charge in [-0.2, -0.15) is 0 Å². The van der Waals surface area contributed by atoms with Gasteiger partial charge in [0.25, 0.3) is 0 Å². The second kappa shape index (κ2) is 3.88. The van der Waals surface area contributed by atoms with Gasteiger partial charge in [0.05, 0.1) is 0 Å². The van der Waals surface area contributed by atoms with Crippen LogP contribution in [-0.2, 0) is 0 Å². The van der Waals surface area contributed by atoms with Gasteiger partial charge in [0.15, 0.2) is 0 Å². The van der Waals surface area contributed by atoms with Crippen LogP contribution in [0, 0.1) is 15.4 Å². The third-order valence-corrected chi connectivity index (χ3v) is 3.73. The predicted octanol–water partition coefficient (Wildman–Crippen LogP) is 2.68. The Morgan fingerprint density at radius 1 is 1.13 bits per heavy atom. The van der Waals surface area contributed by atoms with Gasteiger partial charge < -0.3 is 5.32 Å². The predicted molar refractivity (Wildman–Crippen MR) is 67.6 cm³/mol. The molecule has 0 spiro atoms. The first-order valence-electron chi connectivity index (χ1n) is 5.57. The first kappa shape index (κ1) is 9.81. The van der Waals surface area contributed by atoms with Crippen molar-refractivity contribution in [3.8, 4) is 0 Å². The largest absolute Gasteiger partial charge is 0.351 e. The number of nitrogens with zero attached hydrogens (tertiary/aromatic N) is 2. The molecular weight excluding hydrogens is 301 g/mol. The van der Waals surface area contributed by atoms with Crippen LogP contribution in [0.5, 0.6) is 0 Å². The molecule has 3 nitrogen and oxygen atoms in total. The molecule has 0 bridgehead atoms. The molecule has 0 atom stereocenters. The summed E-state index contributed by atoms with van der Waals surface area (Å²) >= 11 is 2.23. The molecule has 0 aliphatic heterocycles. The summed E-state index contributed by atoms with van der Waals surface area (Å²) in [6.07, 6.45) is 9.29. The fourth-order valence-corrected chi connectivity index (χ4v) is 2.35. The quantitative estimate of drug-likeness (QED) is 0.868. The minimum Gasteiger partial charge on any atom is -0.351 e. The third-order valence-electron chi connectivity index (χ3n) is 3.18. The van der Waals surface area contributed by atoms with E-state index in [-0.39, 0.29) is 0 Å². The zero-order valence-corrected chi connectivity index (χ0v) is 10.6. The molecular formula is C11H14IN3. The molecule has 3 rings (SSSR count). The molecule has 4 heteroatoms. The molecule has 1 aromatic heterocycles. The molecule has 15 heavy (non-hydrogen) atoms. The van der Waals surface area contributed by atoms with Gasteiger partial charge >= 0.3 is 0 Å². The fraction of sp³-hybridized carbons (Fsp3) is 0.636. The Hall–Kier alpha value is -0.390. The Kier molecular flexibility index (Phi) is 2.54. The van der Waals surface area contributed by atoms with E-state index in [0.717, 1.165) is 21.4 Å². The number of halogens is 1. The Labute approximate surface area is 103 Å². The topological polar surface area (TPSA) is 37.8 Å². The van der Waals surface area contributed by atoms with Crippen LogP contribution in [-0.4, -0.2) is 16.0 Å². The van der Waals surface area contributed by atoms with Crippen molar-refractivity contribution in [2.75, 3.05) is 5.32 Å². The SMILES string of the molecule is Ic1cnc(NC(C2CC2)C2CC2)nc1. The maximum absolute atomic E-state index is 4.31. The number of aromatic nitrogens is 2. The summed E-state index contributed by atoms with van der Waals surface area (Å²) in [7, 11) is 0. The van der Waals surface area contributed by atoms with E-state index in [9.17, 15) is 0 Å². The van der Waals surface area contributed by atoms with Gasteiger partial charge in [-0.15, -0.1) is 0 Å². The van der Waals surface area contributed by atoms with Crippen molar-refractivity contribution >= 4 is 28.5 Å². The van der Waals surface area contributed by atoms with E-state index in [2.05, 4.69) is 37.9 Å². The number of hydrogen-bond acceptors (Lipinski definition) is 3. The van der Waals surface area contributed by atoms with Crippen molar-refractivity contribution in [3.05, 3.63) is 16.0 Å². The molecule has 2 fully saturated rings. The molecule has 0 radical (unpaired) electrons.